The smallest absolute Gasteiger partial charge is 0.169 e. The van der Waals surface area contributed by atoms with Crippen LogP contribution in [0.3, 0.4) is 0 Å². The molecule has 1 aromatic carbocycles. The number of carbonyl (C=O) groups excluding carboxylic acids is 1. The molecule has 0 amide bonds. The molecule has 0 aliphatic carbocycles. The van der Waals surface area contributed by atoms with Crippen LogP contribution in [-0.4, -0.2) is 10.8 Å². The number of carbonyl (C=O) groups is 1. The number of benzene rings is 1. The molecule has 0 saturated heterocycles. The summed E-state index contributed by atoms with van der Waals surface area (Å²) in [5.74, 6) is -0.534. The first kappa shape index (κ1) is 12.7. The highest BCUT2D eigenvalue weighted by molar-refractivity contribution is 6.30. The molecule has 2 aromatic rings. The molecule has 0 unspecified atom stereocenters. The molecule has 0 spiro atoms. The van der Waals surface area contributed by atoms with Gasteiger partial charge in [-0.2, -0.15) is 0 Å². The Balaban J connectivity index is 2.22. The maximum absolute atomic E-state index is 13.0. The van der Waals surface area contributed by atoms with Crippen LogP contribution in [0.25, 0.3) is 0 Å². The van der Waals surface area contributed by atoms with E-state index in [1.807, 2.05) is 0 Å². The van der Waals surface area contributed by atoms with Crippen molar-refractivity contribution in [2.24, 2.45) is 0 Å². The number of aromatic nitrogens is 1. The van der Waals surface area contributed by atoms with E-state index in [0.717, 1.165) is 0 Å². The van der Waals surface area contributed by atoms with Crippen molar-refractivity contribution in [3.63, 3.8) is 0 Å². The van der Waals surface area contributed by atoms with Gasteiger partial charge in [0.05, 0.1) is 5.02 Å². The SMILES string of the molecule is Cc1ncccc1C(=O)Cc1ccc(F)c(Cl)c1. The van der Waals surface area contributed by atoms with Crippen molar-refractivity contribution in [1.82, 2.24) is 4.98 Å². The van der Waals surface area contributed by atoms with Gasteiger partial charge in [-0.05, 0) is 36.8 Å². The summed E-state index contributed by atoms with van der Waals surface area (Å²) < 4.78 is 13.0. The fraction of sp³-hybridized carbons (Fsp3) is 0.143. The third kappa shape index (κ3) is 2.74. The number of Topliss-reactive ketones (excluding diaryl/α,β-unsaturated/α-hetero) is 1. The summed E-state index contributed by atoms with van der Waals surface area (Å²) in [5.41, 5.74) is 1.96. The molecular weight excluding hydrogens is 253 g/mol. The lowest BCUT2D eigenvalue weighted by Crippen LogP contribution is -2.06. The van der Waals surface area contributed by atoms with Gasteiger partial charge in [0, 0.05) is 23.9 Å². The van der Waals surface area contributed by atoms with Crippen LogP contribution in [0.4, 0.5) is 4.39 Å². The Hall–Kier alpha value is -1.74. The zero-order valence-electron chi connectivity index (χ0n) is 9.78. The highest BCUT2D eigenvalue weighted by atomic mass is 35.5. The minimum Gasteiger partial charge on any atom is -0.294 e. The average molecular weight is 264 g/mol. The third-order valence-electron chi connectivity index (χ3n) is 2.66. The average Bonchev–Trinajstić information content (AvgIpc) is 2.34. The first-order valence-corrected chi connectivity index (χ1v) is 5.84. The van der Waals surface area contributed by atoms with Gasteiger partial charge in [-0.15, -0.1) is 0 Å². The lowest BCUT2D eigenvalue weighted by molar-refractivity contribution is 0.0992. The van der Waals surface area contributed by atoms with Crippen molar-refractivity contribution < 1.29 is 9.18 Å². The summed E-state index contributed by atoms with van der Waals surface area (Å²) in [5, 5.41) is 0.0307. The molecule has 0 fully saturated rings. The van der Waals surface area contributed by atoms with Crippen LogP contribution in [0.5, 0.6) is 0 Å². The van der Waals surface area contributed by atoms with Crippen LogP contribution < -0.4 is 0 Å². The number of hydrogen-bond donors (Lipinski definition) is 0. The van der Waals surface area contributed by atoms with Gasteiger partial charge in [0.15, 0.2) is 5.78 Å². The Morgan fingerprint density at radius 1 is 1.39 bits per heavy atom. The number of rotatable bonds is 3. The van der Waals surface area contributed by atoms with Gasteiger partial charge < -0.3 is 0 Å². The zero-order valence-corrected chi connectivity index (χ0v) is 10.5. The number of nitrogens with zero attached hydrogens (tertiary/aromatic N) is 1. The van der Waals surface area contributed by atoms with E-state index in [9.17, 15) is 9.18 Å². The molecular formula is C14H11ClFNO. The number of halogens is 2. The molecule has 2 nitrogen and oxygen atoms in total. The van der Waals surface area contributed by atoms with Gasteiger partial charge in [-0.25, -0.2) is 4.39 Å². The van der Waals surface area contributed by atoms with Crippen LogP contribution in [0.1, 0.15) is 21.6 Å². The zero-order chi connectivity index (χ0) is 13.1. The fourth-order valence-corrected chi connectivity index (χ4v) is 1.91. The van der Waals surface area contributed by atoms with E-state index in [-0.39, 0.29) is 17.2 Å². The topological polar surface area (TPSA) is 30.0 Å². The fourth-order valence-electron chi connectivity index (χ4n) is 1.71. The van der Waals surface area contributed by atoms with Crippen LogP contribution in [-0.2, 0) is 6.42 Å². The monoisotopic (exact) mass is 263 g/mol. The summed E-state index contributed by atoms with van der Waals surface area (Å²) in [6.45, 7) is 1.78. The van der Waals surface area contributed by atoms with E-state index >= 15 is 0 Å². The van der Waals surface area contributed by atoms with Gasteiger partial charge in [0.1, 0.15) is 5.82 Å². The molecule has 1 aromatic heterocycles. The number of aryl methyl sites for hydroxylation is 1. The molecule has 0 bridgehead atoms. The van der Waals surface area contributed by atoms with E-state index in [1.54, 1.807) is 31.3 Å². The van der Waals surface area contributed by atoms with Crippen LogP contribution >= 0.6 is 11.6 Å². The molecule has 0 N–H and O–H groups in total. The highest BCUT2D eigenvalue weighted by Crippen LogP contribution is 2.18. The standard InChI is InChI=1S/C14H11ClFNO/c1-9-11(3-2-6-17-9)14(18)8-10-4-5-13(16)12(15)7-10/h2-7H,8H2,1H3. The predicted molar refractivity (Wildman–Crippen MR) is 68.4 cm³/mol. The van der Waals surface area contributed by atoms with E-state index in [4.69, 9.17) is 11.6 Å². The van der Waals surface area contributed by atoms with Gasteiger partial charge in [-0.3, -0.25) is 9.78 Å². The molecule has 0 radical (unpaired) electrons. The van der Waals surface area contributed by atoms with Crippen molar-refractivity contribution in [1.29, 1.82) is 0 Å². The molecule has 0 aliphatic heterocycles. The molecule has 0 aliphatic rings. The van der Waals surface area contributed by atoms with Crippen molar-refractivity contribution in [3.8, 4) is 0 Å². The van der Waals surface area contributed by atoms with Gasteiger partial charge >= 0.3 is 0 Å². The van der Waals surface area contributed by atoms with E-state index in [1.165, 1.54) is 12.1 Å². The maximum atomic E-state index is 13.0. The van der Waals surface area contributed by atoms with E-state index in [0.29, 0.717) is 16.8 Å². The minimum absolute atomic E-state index is 0.0307. The van der Waals surface area contributed by atoms with Gasteiger partial charge in [0.25, 0.3) is 0 Å². The second kappa shape index (κ2) is 5.27. The molecule has 0 atom stereocenters. The Labute approximate surface area is 109 Å². The first-order chi connectivity index (χ1) is 8.58. The van der Waals surface area contributed by atoms with Crippen molar-refractivity contribution in [2.45, 2.75) is 13.3 Å². The quantitative estimate of drug-likeness (QED) is 0.792. The largest absolute Gasteiger partial charge is 0.294 e. The lowest BCUT2D eigenvalue weighted by atomic mass is 10.0. The Bertz CT molecular complexity index is 598. The molecule has 2 rings (SSSR count). The summed E-state index contributed by atoms with van der Waals surface area (Å²) in [6, 6.07) is 7.75. The summed E-state index contributed by atoms with van der Waals surface area (Å²) >= 11 is 5.68. The first-order valence-electron chi connectivity index (χ1n) is 5.46. The highest BCUT2D eigenvalue weighted by Gasteiger charge is 2.11. The van der Waals surface area contributed by atoms with E-state index < -0.39 is 5.82 Å². The number of hydrogen-bond acceptors (Lipinski definition) is 2. The lowest BCUT2D eigenvalue weighted by Gasteiger charge is -2.04. The van der Waals surface area contributed by atoms with Crippen molar-refractivity contribution in [2.75, 3.05) is 0 Å². The molecule has 0 saturated carbocycles. The molecule has 92 valence electrons. The molecule has 18 heavy (non-hydrogen) atoms. The predicted octanol–water partition coefficient (Wildman–Crippen LogP) is 3.61. The van der Waals surface area contributed by atoms with Crippen molar-refractivity contribution in [3.05, 3.63) is 64.2 Å². The van der Waals surface area contributed by atoms with Gasteiger partial charge in [0.2, 0.25) is 0 Å². The van der Waals surface area contributed by atoms with Gasteiger partial charge in [-0.1, -0.05) is 17.7 Å². The van der Waals surface area contributed by atoms with Crippen LogP contribution in [0.15, 0.2) is 36.5 Å². The molecule has 1 heterocycles. The van der Waals surface area contributed by atoms with E-state index in [2.05, 4.69) is 4.98 Å². The second-order valence-corrected chi connectivity index (χ2v) is 4.39. The van der Waals surface area contributed by atoms with Crippen LogP contribution in [0, 0.1) is 12.7 Å². The number of pyridine rings is 1. The second-order valence-electron chi connectivity index (χ2n) is 3.98. The normalized spacial score (nSPS) is 10.4. The summed E-state index contributed by atoms with van der Waals surface area (Å²) in [6.07, 6.45) is 1.83. The summed E-state index contributed by atoms with van der Waals surface area (Å²) in [4.78, 5) is 16.1. The van der Waals surface area contributed by atoms with Crippen LogP contribution in [0.2, 0.25) is 5.02 Å². The maximum Gasteiger partial charge on any atom is 0.169 e. The Morgan fingerprint density at radius 3 is 2.83 bits per heavy atom. The summed E-state index contributed by atoms with van der Waals surface area (Å²) in [7, 11) is 0. The Morgan fingerprint density at radius 2 is 2.17 bits per heavy atom. The molecule has 4 heteroatoms. The van der Waals surface area contributed by atoms with Crippen molar-refractivity contribution >= 4 is 17.4 Å². The number of ketones is 1. The Kier molecular flexibility index (Phi) is 3.72. The third-order valence-corrected chi connectivity index (χ3v) is 2.95. The minimum atomic E-state index is -0.481.